The molecule has 334 valence electrons. The van der Waals surface area contributed by atoms with Gasteiger partial charge in [-0.3, -0.25) is 19.4 Å². The fraction of sp³-hybridized carbons (Fsp3) is 0.373. The number of nitrogens with one attached hydrogen (secondary N) is 3. The van der Waals surface area contributed by atoms with Crippen molar-refractivity contribution in [1.29, 1.82) is 0 Å². The van der Waals surface area contributed by atoms with E-state index in [0.717, 1.165) is 89.1 Å². The number of aliphatic hydroxyl groups excluding tert-OH is 1. The molecular weight excluding hydrogens is 825 g/mol. The molecule has 2 fully saturated rings. The Kier molecular flexibility index (Phi) is 14.2. The number of aromatic amines is 1. The molecule has 13 heteroatoms. The molecule has 6 aromatic rings. The molecule has 8 rings (SSSR count). The van der Waals surface area contributed by atoms with Gasteiger partial charge in [0.2, 0.25) is 5.56 Å². The fourth-order valence-electron chi connectivity index (χ4n) is 9.79. The molecule has 0 radical (unpaired) electrons. The van der Waals surface area contributed by atoms with E-state index in [1.165, 1.54) is 50.4 Å². The van der Waals surface area contributed by atoms with Crippen molar-refractivity contribution in [3.8, 4) is 11.5 Å². The zero-order chi connectivity index (χ0) is 44.7. The van der Waals surface area contributed by atoms with E-state index in [-0.39, 0.29) is 22.8 Å². The third-order valence-corrected chi connectivity index (χ3v) is 14.2. The number of ether oxygens (including phenoxy) is 1. The zero-order valence-electron chi connectivity index (χ0n) is 36.6. The van der Waals surface area contributed by atoms with Crippen LogP contribution in [0, 0.1) is 24.7 Å². The number of nitrogens with zero attached hydrogens (tertiary/aromatic N) is 2. The lowest BCUT2D eigenvalue weighted by Gasteiger charge is -2.39. The van der Waals surface area contributed by atoms with Gasteiger partial charge in [0.25, 0.3) is 11.8 Å². The number of aliphatic hydroxyl groups is 1. The molecular formula is C51H58N6O6S. The van der Waals surface area contributed by atoms with Crippen LogP contribution in [0.15, 0.2) is 106 Å². The molecule has 2 aromatic heterocycles. The van der Waals surface area contributed by atoms with Crippen LogP contribution in [-0.4, -0.2) is 70.2 Å². The first-order valence-electron chi connectivity index (χ1n) is 22.5. The number of nitrogens with two attached hydrogens (primary N) is 1. The third-order valence-electron chi connectivity index (χ3n) is 13.3. The van der Waals surface area contributed by atoms with Crippen molar-refractivity contribution in [2.45, 2.75) is 80.6 Å². The number of pyridine rings is 2. The monoisotopic (exact) mass is 882 g/mol. The number of piperidine rings is 1. The van der Waals surface area contributed by atoms with Crippen LogP contribution in [0.4, 0.5) is 11.4 Å². The number of anilines is 2. The summed E-state index contributed by atoms with van der Waals surface area (Å²) < 4.78 is 5.41. The Morgan fingerprint density at radius 2 is 1.70 bits per heavy atom. The van der Waals surface area contributed by atoms with E-state index in [2.05, 4.69) is 26.7 Å². The Labute approximate surface area is 378 Å². The first-order valence-corrected chi connectivity index (χ1v) is 23.3. The summed E-state index contributed by atoms with van der Waals surface area (Å²) in [7, 11) is 1.61. The molecule has 0 bridgehead atoms. The predicted molar refractivity (Wildman–Crippen MR) is 254 cm³/mol. The highest BCUT2D eigenvalue weighted by molar-refractivity contribution is 7.99. The van der Waals surface area contributed by atoms with Crippen LogP contribution in [-0.2, 0) is 0 Å². The largest absolute Gasteiger partial charge is 0.506 e. The standard InChI is InChI=1S/C51H58N6O6S/c1-31-25-39(28-42-47(31)54-29-43(50(52)61)48(42)55-36-9-6-10-37(27-36)63-2)64-38-11-5-8-35(26-38)51(62)57-23-20-34(21-24-57)33-14-12-32(13-15-33)7-3-4-22-53-30-45(59)40-16-18-44(58)49-41(40)17-19-46(60)56-49/h5-6,8-11,16-19,25-29,32-34,45,53,58-59H,3-4,7,12-15,20-24,30H2,1-2H3,(H2,52,61)(H,54,55)(H,56,60)/t32?,33?,45-/m0/s1. The summed E-state index contributed by atoms with van der Waals surface area (Å²) >= 11 is 1.57. The lowest BCUT2D eigenvalue weighted by atomic mass is 9.72. The Morgan fingerprint density at radius 1 is 0.922 bits per heavy atom. The topological polar surface area (TPSA) is 183 Å². The molecule has 2 amide bonds. The third kappa shape index (κ3) is 10.4. The minimum Gasteiger partial charge on any atom is -0.506 e. The summed E-state index contributed by atoms with van der Waals surface area (Å²) in [5.74, 6) is 2.34. The highest BCUT2D eigenvalue weighted by Gasteiger charge is 2.32. The van der Waals surface area contributed by atoms with Crippen molar-refractivity contribution in [1.82, 2.24) is 20.2 Å². The maximum Gasteiger partial charge on any atom is 0.253 e. The molecule has 1 saturated heterocycles. The van der Waals surface area contributed by atoms with Gasteiger partial charge < -0.3 is 41.2 Å². The number of likely N-dealkylation sites (tertiary alicyclic amines) is 1. The van der Waals surface area contributed by atoms with Gasteiger partial charge in [-0.25, -0.2) is 0 Å². The maximum atomic E-state index is 13.9. The van der Waals surface area contributed by atoms with Crippen LogP contribution in [0.25, 0.3) is 21.8 Å². The number of rotatable bonds is 16. The van der Waals surface area contributed by atoms with Crippen LogP contribution in [0.5, 0.6) is 11.5 Å². The van der Waals surface area contributed by atoms with E-state index < -0.39 is 12.0 Å². The minimum absolute atomic E-state index is 0.00941. The van der Waals surface area contributed by atoms with Crippen molar-refractivity contribution >= 4 is 56.8 Å². The molecule has 64 heavy (non-hydrogen) atoms. The predicted octanol–water partition coefficient (Wildman–Crippen LogP) is 9.24. The number of amides is 2. The molecule has 1 aliphatic carbocycles. The van der Waals surface area contributed by atoms with Gasteiger partial charge in [0, 0.05) is 69.8 Å². The number of aryl methyl sites for hydroxylation is 1. The summed E-state index contributed by atoms with van der Waals surface area (Å²) in [5, 5.41) is 29.2. The number of primary amides is 1. The number of H-pyrrole nitrogens is 1. The molecule has 4 aromatic carbocycles. The van der Waals surface area contributed by atoms with E-state index in [4.69, 9.17) is 10.5 Å². The minimum atomic E-state index is -0.748. The first-order chi connectivity index (χ1) is 31.0. The zero-order valence-corrected chi connectivity index (χ0v) is 37.4. The van der Waals surface area contributed by atoms with Crippen molar-refractivity contribution in [2.75, 3.05) is 38.6 Å². The highest BCUT2D eigenvalue weighted by atomic mass is 32.2. The van der Waals surface area contributed by atoms with Crippen molar-refractivity contribution in [2.24, 2.45) is 23.5 Å². The maximum absolute atomic E-state index is 13.9. The van der Waals surface area contributed by atoms with Crippen molar-refractivity contribution in [3.63, 3.8) is 0 Å². The molecule has 2 aliphatic rings. The molecule has 1 aliphatic heterocycles. The van der Waals surface area contributed by atoms with E-state index in [1.54, 1.807) is 31.0 Å². The van der Waals surface area contributed by atoms with Gasteiger partial charge in [0.1, 0.15) is 11.5 Å². The van der Waals surface area contributed by atoms with Gasteiger partial charge >= 0.3 is 0 Å². The number of carbonyl (C=O) groups is 2. The quantitative estimate of drug-likeness (QED) is 0.0513. The summed E-state index contributed by atoms with van der Waals surface area (Å²) in [5.41, 5.74) is 10.6. The molecule has 1 saturated carbocycles. The number of aromatic hydroxyl groups is 1. The summed E-state index contributed by atoms with van der Waals surface area (Å²) in [6, 6.07) is 25.7. The molecule has 0 spiro atoms. The first kappa shape index (κ1) is 44.7. The molecule has 12 nitrogen and oxygen atoms in total. The number of phenolic OH excluding ortho intramolecular Hbond substituents is 1. The van der Waals surface area contributed by atoms with Crippen LogP contribution >= 0.6 is 11.8 Å². The van der Waals surface area contributed by atoms with E-state index in [0.29, 0.717) is 45.9 Å². The number of benzene rings is 4. The van der Waals surface area contributed by atoms with Crippen LogP contribution < -0.4 is 26.7 Å². The lowest BCUT2D eigenvalue weighted by molar-refractivity contribution is 0.0624. The Hall–Kier alpha value is -5.89. The van der Waals surface area contributed by atoms with Crippen molar-refractivity contribution < 1.29 is 24.5 Å². The number of hydrogen-bond acceptors (Lipinski definition) is 10. The second-order valence-electron chi connectivity index (χ2n) is 17.4. The smallest absolute Gasteiger partial charge is 0.253 e. The van der Waals surface area contributed by atoms with Crippen LogP contribution in [0.2, 0.25) is 0 Å². The summed E-state index contributed by atoms with van der Waals surface area (Å²) in [4.78, 5) is 49.4. The molecule has 7 N–H and O–H groups in total. The Morgan fingerprint density at radius 3 is 2.48 bits per heavy atom. The number of unbranched alkanes of at least 4 members (excludes halogenated alkanes) is 1. The van der Waals surface area contributed by atoms with Gasteiger partial charge in [0.05, 0.1) is 35.5 Å². The lowest BCUT2D eigenvalue weighted by Crippen LogP contribution is -2.40. The molecule has 3 heterocycles. The number of carbonyl (C=O) groups excluding carboxylic acids is 2. The number of methoxy groups -OCH3 is 1. The van der Waals surface area contributed by atoms with Gasteiger partial charge in [-0.1, -0.05) is 55.6 Å². The van der Waals surface area contributed by atoms with E-state index >= 15 is 0 Å². The van der Waals surface area contributed by atoms with Gasteiger partial charge in [0.15, 0.2) is 0 Å². The van der Waals surface area contributed by atoms with E-state index in [9.17, 15) is 24.6 Å². The van der Waals surface area contributed by atoms with E-state index in [1.807, 2.05) is 66.4 Å². The Bertz CT molecular complexity index is 2690. The molecule has 1 atom stereocenters. The summed E-state index contributed by atoms with van der Waals surface area (Å²) in [6.07, 6.45) is 11.4. The van der Waals surface area contributed by atoms with Crippen LogP contribution in [0.3, 0.4) is 0 Å². The normalized spacial score (nSPS) is 17.4. The van der Waals surface area contributed by atoms with Gasteiger partial charge in [-0.2, -0.15) is 0 Å². The van der Waals surface area contributed by atoms with Gasteiger partial charge in [-0.05, 0) is 129 Å². The average molecular weight is 883 g/mol. The van der Waals surface area contributed by atoms with Gasteiger partial charge in [-0.15, -0.1) is 0 Å². The number of hydrogen-bond donors (Lipinski definition) is 6. The highest BCUT2D eigenvalue weighted by Crippen LogP contribution is 2.41. The molecule has 0 unspecified atom stereocenters. The second kappa shape index (κ2) is 20.3. The SMILES string of the molecule is COc1cccc(Nc2c(C(N)=O)cnc3c(C)cc(Sc4cccc(C(=O)N5CCC(C6CCC(CCCCNC[C@H](O)c7ccc(O)c8[nH]c(=O)ccc78)CC6)CC5)c4)cc23)c1. The number of aromatic nitrogens is 2. The van der Waals surface area contributed by atoms with Crippen LogP contribution in [0.1, 0.15) is 95.7 Å². The second-order valence-corrected chi connectivity index (χ2v) is 18.6. The average Bonchev–Trinajstić information content (AvgIpc) is 3.30. The summed E-state index contributed by atoms with van der Waals surface area (Å²) in [6.45, 7) is 4.80. The number of phenols is 1. The number of fused-ring (bicyclic) bond motifs is 2. The van der Waals surface area contributed by atoms with Crippen molar-refractivity contribution in [3.05, 3.63) is 124 Å². The Balaban J connectivity index is 0.791. The fourth-order valence-corrected chi connectivity index (χ4v) is 10.8.